The molecule has 0 fully saturated rings. The Kier molecular flexibility index (Phi) is 5.52. The molecule has 4 aromatic rings. The summed E-state index contributed by atoms with van der Waals surface area (Å²) in [5, 5.41) is 15.5. The average molecular weight is 399 g/mol. The van der Waals surface area contributed by atoms with Gasteiger partial charge in [0.1, 0.15) is 0 Å². The van der Waals surface area contributed by atoms with Crippen molar-refractivity contribution in [2.45, 2.75) is 19.9 Å². The molecular weight excluding hydrogens is 378 g/mol. The topological polar surface area (TPSA) is 85.8 Å². The van der Waals surface area contributed by atoms with Gasteiger partial charge < -0.3 is 9.73 Å². The number of carbonyl (C=O) groups is 1. The molecule has 0 aliphatic heterocycles. The Balaban J connectivity index is 1.65. The van der Waals surface area contributed by atoms with Gasteiger partial charge in [-0.3, -0.25) is 4.79 Å². The highest BCUT2D eigenvalue weighted by atomic mass is 16.4. The smallest absolute Gasteiger partial charge is 0.272 e. The summed E-state index contributed by atoms with van der Waals surface area (Å²) in [4.78, 5) is 12.6. The van der Waals surface area contributed by atoms with Gasteiger partial charge in [-0.2, -0.15) is 5.10 Å². The second-order valence-electron chi connectivity index (χ2n) is 6.99. The molecule has 0 aliphatic carbocycles. The third-order valence-electron chi connectivity index (χ3n) is 4.26. The first-order valence-corrected chi connectivity index (χ1v) is 9.63. The van der Waals surface area contributed by atoms with Gasteiger partial charge in [0.25, 0.3) is 5.91 Å². The van der Waals surface area contributed by atoms with Crippen molar-refractivity contribution in [3.8, 4) is 17.1 Å². The van der Waals surface area contributed by atoms with Crippen LogP contribution in [0.15, 0.2) is 71.3 Å². The van der Waals surface area contributed by atoms with Crippen LogP contribution < -0.4 is 5.32 Å². The molecule has 30 heavy (non-hydrogen) atoms. The van der Waals surface area contributed by atoms with E-state index in [-0.39, 0.29) is 11.9 Å². The summed E-state index contributed by atoms with van der Waals surface area (Å²) < 4.78 is 7.39. The van der Waals surface area contributed by atoms with Gasteiger partial charge in [-0.05, 0) is 44.2 Å². The number of aromatic nitrogens is 4. The molecule has 0 spiro atoms. The molecule has 0 unspecified atom stereocenters. The van der Waals surface area contributed by atoms with E-state index >= 15 is 0 Å². The predicted octanol–water partition coefficient (Wildman–Crippen LogP) is 4.23. The van der Waals surface area contributed by atoms with E-state index in [0.29, 0.717) is 23.0 Å². The molecule has 0 aliphatic rings. The molecule has 150 valence electrons. The standard InChI is InChI=1S/C23H21N5O2/c1-16(2)24-22(29)21-18(15-28(27-21)19-11-7-4-8-12-19)13-14-20-25-26-23(30-20)17-9-5-3-6-10-17/h3-16H,1-2H3,(H,24,29)/b14-13+. The first kappa shape index (κ1) is 19.3. The minimum atomic E-state index is -0.241. The van der Waals surface area contributed by atoms with E-state index in [4.69, 9.17) is 4.42 Å². The van der Waals surface area contributed by atoms with Crippen LogP contribution in [0.5, 0.6) is 0 Å². The van der Waals surface area contributed by atoms with Crippen LogP contribution in [-0.4, -0.2) is 31.9 Å². The summed E-state index contributed by atoms with van der Waals surface area (Å²) in [6.07, 6.45) is 5.23. The SMILES string of the molecule is CC(C)NC(=O)c1nn(-c2ccccc2)cc1/C=C/c1nnc(-c2ccccc2)o1. The van der Waals surface area contributed by atoms with Gasteiger partial charge in [0.05, 0.1) is 5.69 Å². The Hall–Kier alpha value is -4.00. The van der Waals surface area contributed by atoms with Crippen LogP contribution >= 0.6 is 0 Å². The number of carbonyl (C=O) groups excluding carboxylic acids is 1. The normalized spacial score (nSPS) is 11.3. The molecule has 4 rings (SSSR count). The number of amides is 1. The Morgan fingerprint density at radius 3 is 2.40 bits per heavy atom. The van der Waals surface area contributed by atoms with Crippen LogP contribution in [0.4, 0.5) is 0 Å². The maximum Gasteiger partial charge on any atom is 0.272 e. The van der Waals surface area contributed by atoms with Gasteiger partial charge in [-0.25, -0.2) is 4.68 Å². The minimum Gasteiger partial charge on any atom is -0.417 e. The summed E-state index contributed by atoms with van der Waals surface area (Å²) in [6, 6.07) is 19.2. The maximum absolute atomic E-state index is 12.6. The van der Waals surface area contributed by atoms with E-state index < -0.39 is 0 Å². The van der Waals surface area contributed by atoms with Crippen molar-refractivity contribution in [3.63, 3.8) is 0 Å². The van der Waals surface area contributed by atoms with Gasteiger partial charge >= 0.3 is 0 Å². The molecule has 2 heterocycles. The summed E-state index contributed by atoms with van der Waals surface area (Å²) in [6.45, 7) is 3.82. The Labute approximate surface area is 174 Å². The van der Waals surface area contributed by atoms with E-state index in [2.05, 4.69) is 20.6 Å². The third kappa shape index (κ3) is 4.35. The van der Waals surface area contributed by atoms with Crippen LogP contribution in [-0.2, 0) is 0 Å². The lowest BCUT2D eigenvalue weighted by atomic mass is 10.2. The van der Waals surface area contributed by atoms with Crippen molar-refractivity contribution in [2.24, 2.45) is 0 Å². The van der Waals surface area contributed by atoms with E-state index in [1.807, 2.05) is 74.5 Å². The van der Waals surface area contributed by atoms with Gasteiger partial charge in [0, 0.05) is 29.4 Å². The molecule has 0 saturated carbocycles. The Bertz CT molecular complexity index is 1160. The van der Waals surface area contributed by atoms with Crippen molar-refractivity contribution in [3.05, 3.63) is 84.0 Å². The van der Waals surface area contributed by atoms with Crippen LogP contribution in [0, 0.1) is 0 Å². The molecule has 7 heteroatoms. The highest BCUT2D eigenvalue weighted by molar-refractivity contribution is 5.96. The second kappa shape index (κ2) is 8.57. The average Bonchev–Trinajstić information content (AvgIpc) is 3.40. The second-order valence-corrected chi connectivity index (χ2v) is 6.99. The molecule has 0 radical (unpaired) electrons. The zero-order valence-corrected chi connectivity index (χ0v) is 16.7. The quantitative estimate of drug-likeness (QED) is 0.524. The number of hydrogen-bond donors (Lipinski definition) is 1. The van der Waals surface area contributed by atoms with E-state index in [0.717, 1.165) is 11.3 Å². The first-order chi connectivity index (χ1) is 14.6. The lowest BCUT2D eigenvalue weighted by Gasteiger charge is -2.06. The molecule has 7 nitrogen and oxygen atoms in total. The number of para-hydroxylation sites is 1. The van der Waals surface area contributed by atoms with Crippen LogP contribution in [0.3, 0.4) is 0 Å². The van der Waals surface area contributed by atoms with Crippen LogP contribution in [0.25, 0.3) is 29.3 Å². The summed E-state index contributed by atoms with van der Waals surface area (Å²) in [7, 11) is 0. The Morgan fingerprint density at radius 1 is 1.00 bits per heavy atom. The molecule has 0 saturated heterocycles. The molecule has 2 aromatic heterocycles. The van der Waals surface area contributed by atoms with Crippen molar-refractivity contribution in [1.29, 1.82) is 0 Å². The number of nitrogens with zero attached hydrogens (tertiary/aromatic N) is 4. The fourth-order valence-corrected chi connectivity index (χ4v) is 2.89. The van der Waals surface area contributed by atoms with Gasteiger partial charge in [-0.1, -0.05) is 36.4 Å². The first-order valence-electron chi connectivity index (χ1n) is 9.63. The van der Waals surface area contributed by atoms with Crippen LogP contribution in [0.2, 0.25) is 0 Å². The van der Waals surface area contributed by atoms with Crippen LogP contribution in [0.1, 0.15) is 35.8 Å². The monoisotopic (exact) mass is 399 g/mol. The van der Waals surface area contributed by atoms with Crippen molar-refractivity contribution in [1.82, 2.24) is 25.3 Å². The molecular formula is C23H21N5O2. The lowest BCUT2D eigenvalue weighted by Crippen LogP contribution is -2.31. The highest BCUT2D eigenvalue weighted by Crippen LogP contribution is 2.19. The summed E-state index contributed by atoms with van der Waals surface area (Å²) in [5.41, 5.74) is 2.68. The van der Waals surface area contributed by atoms with E-state index in [1.54, 1.807) is 23.0 Å². The lowest BCUT2D eigenvalue weighted by molar-refractivity contribution is 0.0937. The predicted molar refractivity (Wildman–Crippen MR) is 115 cm³/mol. The highest BCUT2D eigenvalue weighted by Gasteiger charge is 2.17. The molecule has 1 amide bonds. The van der Waals surface area contributed by atoms with Crippen molar-refractivity contribution < 1.29 is 9.21 Å². The number of hydrogen-bond acceptors (Lipinski definition) is 5. The maximum atomic E-state index is 12.6. The zero-order valence-electron chi connectivity index (χ0n) is 16.7. The van der Waals surface area contributed by atoms with Gasteiger partial charge in [0.15, 0.2) is 5.69 Å². The minimum absolute atomic E-state index is 0.000533. The molecule has 0 atom stereocenters. The van der Waals surface area contributed by atoms with Gasteiger partial charge in [0.2, 0.25) is 11.8 Å². The summed E-state index contributed by atoms with van der Waals surface area (Å²) >= 11 is 0. The van der Waals surface area contributed by atoms with Crippen molar-refractivity contribution >= 4 is 18.1 Å². The largest absolute Gasteiger partial charge is 0.417 e. The number of rotatable bonds is 6. The Morgan fingerprint density at radius 2 is 1.70 bits per heavy atom. The molecule has 1 N–H and O–H groups in total. The van der Waals surface area contributed by atoms with E-state index in [9.17, 15) is 4.79 Å². The zero-order chi connectivity index (χ0) is 20.9. The number of benzene rings is 2. The molecule has 0 bridgehead atoms. The molecule has 2 aromatic carbocycles. The van der Waals surface area contributed by atoms with Crippen molar-refractivity contribution in [2.75, 3.05) is 0 Å². The third-order valence-corrected chi connectivity index (χ3v) is 4.26. The fourth-order valence-electron chi connectivity index (χ4n) is 2.89. The summed E-state index contributed by atoms with van der Waals surface area (Å²) in [5.74, 6) is 0.541. The van der Waals surface area contributed by atoms with Gasteiger partial charge in [-0.15, -0.1) is 10.2 Å². The fraction of sp³-hybridized carbons (Fsp3) is 0.130. The van der Waals surface area contributed by atoms with E-state index in [1.165, 1.54) is 0 Å². The number of nitrogens with one attached hydrogen (secondary N) is 1.